The number of allylic oxidation sites excluding steroid dienone is 2. The van der Waals surface area contributed by atoms with Gasteiger partial charge in [-0.25, -0.2) is 0 Å². The fourth-order valence-electron chi connectivity index (χ4n) is 13.2. The second-order valence-corrected chi connectivity index (χ2v) is 28.9. The molecular weight excluding hydrogens is 1190 g/mol. The number of carbonyl (C=O) groups excluding carboxylic acids is 11. The highest BCUT2D eigenvalue weighted by Gasteiger charge is 2.48. The number of hydrogen-bond acceptors (Lipinski definition) is 14. The molecule has 93 heavy (non-hydrogen) atoms. The smallest absolute Gasteiger partial charge is 0.246 e. The Morgan fingerprint density at radius 3 is 1.42 bits per heavy atom. The molecule has 5 N–H and O–H groups in total. The molecule has 3 saturated heterocycles. The van der Waals surface area contributed by atoms with Gasteiger partial charge in [0.1, 0.15) is 66.5 Å². The number of carbonyl (C=O) groups is 11. The predicted octanol–water partition coefficient (Wildman–Crippen LogP) is 3.11. The molecule has 3 heterocycles. The van der Waals surface area contributed by atoms with Crippen molar-refractivity contribution in [2.45, 2.75) is 247 Å². The van der Waals surface area contributed by atoms with E-state index in [1.54, 1.807) is 47.6 Å². The van der Waals surface area contributed by atoms with E-state index in [0.717, 1.165) is 17.7 Å². The number of nitrogens with zero attached hydrogens (tertiary/aromatic N) is 8. The molecule has 3 aliphatic heterocycles. The van der Waals surface area contributed by atoms with E-state index in [1.165, 1.54) is 99.5 Å². The quantitative estimate of drug-likeness (QED) is 0.139. The number of hydrogen-bond donors (Lipinski definition) is 5. The summed E-state index contributed by atoms with van der Waals surface area (Å²) < 4.78 is 5.88. The van der Waals surface area contributed by atoms with Crippen molar-refractivity contribution in [1.82, 2.24) is 60.5 Å². The maximum absolute atomic E-state index is 15.3. The standard InChI is InChI=1S/C68H120N12O13/c1-25-27-28-42(13)57(81)56-61(85)71-49(26-2)64(88)73(18)46(17)63(87)78(23)55(43(14)34-80-47-29-30-48(80)36-93-35-47)60(84)72-53(40(9)10)67(91)74(19)50(31-37(3)4)59(83)69-44(15)58(82)70-45(16)62(86)75(20)51(32-38(5)6)65(89)76(21)52(33-39(7)8)66(90)77(22)54(41(11)12)68(92)79(56)24/h25,27,37-57,81H,26,28-36H2,1-24H3,(H,69,83)(H,70,82)(H,71,85)(H,72,84)/b27-25+/t42-,43-,44+,45-,46-,47?,48?,49+,50+,51+,52+,53+,54+,55+,56+,57-/m1/s1. The van der Waals surface area contributed by atoms with Crippen molar-refractivity contribution in [1.29, 1.82) is 0 Å². The van der Waals surface area contributed by atoms with Crippen LogP contribution < -0.4 is 21.3 Å². The van der Waals surface area contributed by atoms with Gasteiger partial charge >= 0.3 is 0 Å². The summed E-state index contributed by atoms with van der Waals surface area (Å²) in [6.45, 7) is 31.0. The topological polar surface area (TPSA) is 291 Å². The Labute approximate surface area is 555 Å². The summed E-state index contributed by atoms with van der Waals surface area (Å²) in [6.07, 6.45) is 4.62. The monoisotopic (exact) mass is 1310 g/mol. The molecule has 0 spiro atoms. The fourth-order valence-corrected chi connectivity index (χ4v) is 13.2. The highest BCUT2D eigenvalue weighted by molar-refractivity contribution is 6.00. The average molecular weight is 1310 g/mol. The molecule has 25 nitrogen and oxygen atoms in total. The Hall–Kier alpha value is -6.21. The molecule has 3 fully saturated rings. The predicted molar refractivity (Wildman–Crippen MR) is 357 cm³/mol. The van der Waals surface area contributed by atoms with Gasteiger partial charge in [-0.05, 0) is 114 Å². The highest BCUT2D eigenvalue weighted by atomic mass is 16.5. The minimum atomic E-state index is -1.63. The van der Waals surface area contributed by atoms with Crippen molar-refractivity contribution in [3.05, 3.63) is 12.2 Å². The van der Waals surface area contributed by atoms with E-state index in [1.807, 2.05) is 61.5 Å². The lowest BCUT2D eigenvalue weighted by Gasteiger charge is -2.42. The van der Waals surface area contributed by atoms with Gasteiger partial charge in [0.2, 0.25) is 65.0 Å². The normalized spacial score (nSPS) is 30.0. The molecule has 0 saturated carbocycles. The zero-order valence-corrected chi connectivity index (χ0v) is 60.8. The lowest BCUT2D eigenvalue weighted by atomic mass is 9.91. The third-order valence-corrected chi connectivity index (χ3v) is 19.2. The van der Waals surface area contributed by atoms with Crippen molar-refractivity contribution in [2.75, 3.05) is 69.1 Å². The van der Waals surface area contributed by atoms with Crippen LogP contribution in [-0.4, -0.2) is 263 Å². The van der Waals surface area contributed by atoms with Crippen LogP contribution in [0.4, 0.5) is 0 Å². The third kappa shape index (κ3) is 20.6. The minimum absolute atomic E-state index is 0.00728. The molecule has 2 bridgehead atoms. The maximum atomic E-state index is 15.3. The van der Waals surface area contributed by atoms with Crippen LogP contribution in [0.1, 0.15) is 163 Å². The molecule has 3 aliphatic rings. The van der Waals surface area contributed by atoms with E-state index in [-0.39, 0.29) is 55.5 Å². The number of likely N-dealkylation sites (N-methyl/N-ethyl adjacent to an activating group) is 7. The number of aliphatic hydroxyl groups is 1. The Kier molecular flexibility index (Phi) is 31.4. The molecule has 0 aliphatic carbocycles. The molecule has 25 heteroatoms. The molecule has 0 radical (unpaired) electrons. The molecule has 16 atom stereocenters. The van der Waals surface area contributed by atoms with Crippen LogP contribution in [0, 0.1) is 41.4 Å². The Morgan fingerprint density at radius 2 is 0.935 bits per heavy atom. The lowest BCUT2D eigenvalue weighted by Crippen LogP contribution is -2.64. The van der Waals surface area contributed by atoms with Gasteiger partial charge in [-0.1, -0.05) is 102 Å². The highest BCUT2D eigenvalue weighted by Crippen LogP contribution is 2.32. The van der Waals surface area contributed by atoms with Gasteiger partial charge in [-0.2, -0.15) is 0 Å². The molecule has 0 aromatic rings. The lowest BCUT2D eigenvalue weighted by molar-refractivity contribution is -0.157. The van der Waals surface area contributed by atoms with Gasteiger partial charge in [0, 0.05) is 68.0 Å². The largest absolute Gasteiger partial charge is 0.390 e. The Balaban J connectivity index is 2.35. The van der Waals surface area contributed by atoms with Crippen molar-refractivity contribution in [3.63, 3.8) is 0 Å². The average Bonchev–Trinajstić information content (AvgIpc) is 1.69. The van der Waals surface area contributed by atoms with Crippen molar-refractivity contribution in [3.8, 4) is 0 Å². The Bertz CT molecular complexity index is 2600. The number of fused-ring (bicyclic) bond motifs is 2. The zero-order chi connectivity index (χ0) is 71.1. The summed E-state index contributed by atoms with van der Waals surface area (Å²) in [5, 5.41) is 23.5. The number of ether oxygens (including phenoxy) is 1. The van der Waals surface area contributed by atoms with Crippen molar-refractivity contribution in [2.24, 2.45) is 41.4 Å². The summed E-state index contributed by atoms with van der Waals surface area (Å²) in [5.74, 6) is -10.2. The van der Waals surface area contributed by atoms with Crippen LogP contribution in [0.2, 0.25) is 0 Å². The van der Waals surface area contributed by atoms with Crippen LogP contribution in [0.25, 0.3) is 0 Å². The number of morpholine rings is 1. The summed E-state index contributed by atoms with van der Waals surface area (Å²) in [7, 11) is 10.1. The van der Waals surface area contributed by atoms with Crippen molar-refractivity contribution >= 4 is 65.0 Å². The van der Waals surface area contributed by atoms with Gasteiger partial charge < -0.3 is 65.4 Å². The zero-order valence-electron chi connectivity index (χ0n) is 60.8. The van der Waals surface area contributed by atoms with E-state index in [4.69, 9.17) is 4.74 Å². The third-order valence-electron chi connectivity index (χ3n) is 19.2. The molecule has 2 unspecified atom stereocenters. The molecule has 0 aromatic heterocycles. The van der Waals surface area contributed by atoms with Crippen molar-refractivity contribution < 1.29 is 62.6 Å². The van der Waals surface area contributed by atoms with Crippen LogP contribution in [0.3, 0.4) is 0 Å². The van der Waals surface area contributed by atoms with E-state index < -0.39 is 161 Å². The number of amides is 11. The first kappa shape index (κ1) is 81.0. The second kappa shape index (κ2) is 36.1. The minimum Gasteiger partial charge on any atom is -0.390 e. The second-order valence-electron chi connectivity index (χ2n) is 28.9. The van der Waals surface area contributed by atoms with E-state index in [0.29, 0.717) is 26.2 Å². The van der Waals surface area contributed by atoms with E-state index in [2.05, 4.69) is 26.2 Å². The first-order valence-electron chi connectivity index (χ1n) is 33.9. The summed E-state index contributed by atoms with van der Waals surface area (Å²) in [5.41, 5.74) is 0. The summed E-state index contributed by atoms with van der Waals surface area (Å²) >= 11 is 0. The Morgan fingerprint density at radius 1 is 0.484 bits per heavy atom. The SMILES string of the molecule is C/C=C/C[C@@H](C)[C@@H](O)[C@H]1C(=O)N[C@@H](CC)C(=O)N(C)[C@H](C)C(=O)N(C)[C@@H]([C@H](C)CN2C3CCC2COC3)C(=O)N[C@@H](C(C)C)C(=O)N(C)[C@@H](CC(C)C)C(=O)N[C@@H](C)C(=O)N[C@H](C)C(=O)N(C)[C@@H](CC(C)C)C(=O)N(C)[C@@H](CC(C)C)C(=O)N(C)[C@@H](C(C)C)C(=O)N1C. The molecule has 0 aromatic carbocycles. The first-order chi connectivity index (χ1) is 43.2. The van der Waals surface area contributed by atoms with E-state index in [9.17, 15) is 29.1 Å². The molecule has 3 rings (SSSR count). The summed E-state index contributed by atoms with van der Waals surface area (Å²) in [4.78, 5) is 175. The molecular formula is C68H120N12O13. The first-order valence-corrected chi connectivity index (χ1v) is 33.9. The number of rotatable bonds is 16. The maximum Gasteiger partial charge on any atom is 0.246 e. The number of nitrogens with one attached hydrogen (secondary N) is 4. The summed E-state index contributed by atoms with van der Waals surface area (Å²) in [6, 6.07) is -13.7. The van der Waals surface area contributed by atoms with Crippen LogP contribution >= 0.6 is 0 Å². The van der Waals surface area contributed by atoms with Crippen LogP contribution in [0.15, 0.2) is 12.2 Å². The van der Waals surface area contributed by atoms with Gasteiger partial charge in [0.05, 0.1) is 19.3 Å². The molecule has 530 valence electrons. The van der Waals surface area contributed by atoms with Gasteiger partial charge in [-0.15, -0.1) is 0 Å². The van der Waals surface area contributed by atoms with Crippen LogP contribution in [-0.2, 0) is 57.5 Å². The van der Waals surface area contributed by atoms with Gasteiger partial charge in [0.15, 0.2) is 0 Å². The van der Waals surface area contributed by atoms with Crippen LogP contribution in [0.5, 0.6) is 0 Å². The fraction of sp³-hybridized carbons (Fsp3) is 0.809. The number of aliphatic hydroxyl groups excluding tert-OH is 1. The molecule has 11 amide bonds. The van der Waals surface area contributed by atoms with Gasteiger partial charge in [-0.3, -0.25) is 57.6 Å². The van der Waals surface area contributed by atoms with E-state index >= 15 is 28.8 Å². The van der Waals surface area contributed by atoms with Gasteiger partial charge in [0.25, 0.3) is 0 Å².